The molecule has 0 radical (unpaired) electrons. The summed E-state index contributed by atoms with van der Waals surface area (Å²) < 4.78 is 5.34. The lowest BCUT2D eigenvalue weighted by Crippen LogP contribution is -2.37. The first-order valence-electron chi connectivity index (χ1n) is 9.30. The number of amides is 4. The topological polar surface area (TPSA) is 82.9 Å². The van der Waals surface area contributed by atoms with Crippen LogP contribution in [0.2, 0.25) is 5.02 Å². The summed E-state index contributed by atoms with van der Waals surface area (Å²) in [6.45, 7) is 0.0744. The molecule has 1 saturated heterocycles. The summed E-state index contributed by atoms with van der Waals surface area (Å²) in [4.78, 5) is 41.3. The molecule has 1 aliphatic rings. The molecule has 1 fully saturated rings. The number of carbonyl (C=O) groups is 3. The normalized spacial score (nSPS) is 16.2. The lowest BCUT2D eigenvalue weighted by Gasteiger charge is -2.20. The molecule has 1 aromatic heterocycles. The smallest absolute Gasteiger partial charge is 0.332 e. The van der Waals surface area contributed by atoms with Crippen LogP contribution < -0.4 is 10.2 Å². The third-order valence-corrected chi connectivity index (χ3v) is 5.00. The first-order valence-corrected chi connectivity index (χ1v) is 9.68. The first-order chi connectivity index (χ1) is 14.5. The van der Waals surface area contributed by atoms with Crippen molar-refractivity contribution in [3.63, 3.8) is 0 Å². The number of urea groups is 1. The van der Waals surface area contributed by atoms with Crippen LogP contribution in [0.3, 0.4) is 0 Å². The molecule has 152 valence electrons. The molecule has 0 spiro atoms. The van der Waals surface area contributed by atoms with E-state index in [0.29, 0.717) is 22.2 Å². The Labute approximate surface area is 177 Å². The van der Waals surface area contributed by atoms with Gasteiger partial charge < -0.3 is 14.6 Å². The second-order valence-electron chi connectivity index (χ2n) is 6.77. The van der Waals surface area contributed by atoms with Crippen LogP contribution in [0.4, 0.5) is 16.2 Å². The molecule has 1 aliphatic heterocycles. The summed E-state index contributed by atoms with van der Waals surface area (Å²) in [5.74, 6) is -0.325. The highest BCUT2D eigenvalue weighted by Gasteiger charge is 2.47. The summed E-state index contributed by atoms with van der Waals surface area (Å²) in [6.07, 6.45) is 1.32. The minimum absolute atomic E-state index is 0.0744. The van der Waals surface area contributed by atoms with E-state index in [4.69, 9.17) is 16.0 Å². The number of carbonyl (C=O) groups excluding carboxylic acids is 3. The van der Waals surface area contributed by atoms with E-state index in [-0.39, 0.29) is 18.9 Å². The van der Waals surface area contributed by atoms with E-state index in [2.05, 4.69) is 5.32 Å². The van der Waals surface area contributed by atoms with E-state index in [9.17, 15) is 14.4 Å². The van der Waals surface area contributed by atoms with Gasteiger partial charge in [-0.1, -0.05) is 29.8 Å². The van der Waals surface area contributed by atoms with Crippen LogP contribution >= 0.6 is 11.6 Å². The number of benzene rings is 2. The van der Waals surface area contributed by atoms with Crippen molar-refractivity contribution in [2.24, 2.45) is 0 Å². The second kappa shape index (κ2) is 8.42. The molecule has 1 atom stereocenters. The fourth-order valence-corrected chi connectivity index (χ4v) is 3.45. The maximum atomic E-state index is 13.1. The number of nitrogens with one attached hydrogen (secondary N) is 1. The van der Waals surface area contributed by atoms with Crippen LogP contribution in [-0.2, 0) is 16.1 Å². The van der Waals surface area contributed by atoms with Crippen molar-refractivity contribution in [2.75, 3.05) is 10.2 Å². The van der Waals surface area contributed by atoms with Gasteiger partial charge in [0.2, 0.25) is 5.91 Å². The van der Waals surface area contributed by atoms with Gasteiger partial charge in [0.25, 0.3) is 5.91 Å². The van der Waals surface area contributed by atoms with Gasteiger partial charge >= 0.3 is 6.03 Å². The van der Waals surface area contributed by atoms with Crippen molar-refractivity contribution in [1.29, 1.82) is 0 Å². The minimum atomic E-state index is -0.956. The van der Waals surface area contributed by atoms with Crippen LogP contribution in [-0.4, -0.2) is 28.8 Å². The van der Waals surface area contributed by atoms with Gasteiger partial charge in [-0.05, 0) is 48.5 Å². The molecule has 0 bridgehead atoms. The van der Waals surface area contributed by atoms with Gasteiger partial charge in [0.1, 0.15) is 11.8 Å². The number of halogens is 1. The lowest BCUT2D eigenvalue weighted by atomic mass is 10.1. The van der Waals surface area contributed by atoms with E-state index in [0.717, 1.165) is 4.90 Å². The summed E-state index contributed by atoms with van der Waals surface area (Å²) in [5.41, 5.74) is 1.01. The van der Waals surface area contributed by atoms with Crippen molar-refractivity contribution in [2.45, 2.75) is 19.0 Å². The van der Waals surface area contributed by atoms with Gasteiger partial charge in [-0.3, -0.25) is 9.59 Å². The maximum absolute atomic E-state index is 13.1. The van der Waals surface area contributed by atoms with E-state index in [1.165, 1.54) is 11.2 Å². The zero-order valence-corrected chi connectivity index (χ0v) is 16.6. The largest absolute Gasteiger partial charge is 0.467 e. The number of furan rings is 1. The van der Waals surface area contributed by atoms with Gasteiger partial charge in [0.05, 0.1) is 24.9 Å². The Hall–Kier alpha value is -3.58. The standard InChI is InChI=1S/C22H18ClN3O4/c23-15-8-10-17(11-9-15)26-21(28)19(13-20(27)24-16-5-2-1-3-6-16)25(22(26)29)14-18-7-4-12-30-18/h1-12,19H,13-14H2,(H,24,27)/t19-/m1/s1. The molecule has 3 aromatic rings. The molecule has 8 heteroatoms. The van der Waals surface area contributed by atoms with Crippen molar-refractivity contribution < 1.29 is 18.8 Å². The van der Waals surface area contributed by atoms with E-state index < -0.39 is 18.0 Å². The zero-order chi connectivity index (χ0) is 21.1. The number of nitrogens with zero attached hydrogens (tertiary/aromatic N) is 2. The molecular formula is C22H18ClN3O4. The Kier molecular flexibility index (Phi) is 5.54. The average Bonchev–Trinajstić information content (AvgIpc) is 3.33. The summed E-state index contributed by atoms with van der Waals surface area (Å²) in [7, 11) is 0. The molecule has 4 rings (SSSR count). The predicted molar refractivity (Wildman–Crippen MR) is 112 cm³/mol. The number of rotatable bonds is 6. The Bertz CT molecular complexity index is 1050. The van der Waals surface area contributed by atoms with Crippen molar-refractivity contribution >= 4 is 40.8 Å². The molecule has 2 aromatic carbocycles. The van der Waals surface area contributed by atoms with Crippen LogP contribution in [0, 0.1) is 0 Å². The number of anilines is 2. The van der Waals surface area contributed by atoms with E-state index in [1.807, 2.05) is 6.07 Å². The van der Waals surface area contributed by atoms with Gasteiger partial charge in [-0.2, -0.15) is 0 Å². The molecule has 0 saturated carbocycles. The van der Waals surface area contributed by atoms with Crippen molar-refractivity contribution in [1.82, 2.24) is 4.90 Å². The first kappa shape index (κ1) is 19.7. The van der Waals surface area contributed by atoms with Crippen LogP contribution in [0.25, 0.3) is 0 Å². The number of para-hydroxylation sites is 1. The van der Waals surface area contributed by atoms with Crippen molar-refractivity contribution in [3.8, 4) is 0 Å². The fraction of sp³-hybridized carbons (Fsp3) is 0.136. The Morgan fingerprint density at radius 1 is 1.00 bits per heavy atom. The van der Waals surface area contributed by atoms with Gasteiger partial charge in [-0.15, -0.1) is 0 Å². The Balaban J connectivity index is 1.59. The molecule has 7 nitrogen and oxygen atoms in total. The highest BCUT2D eigenvalue weighted by atomic mass is 35.5. The van der Waals surface area contributed by atoms with Crippen LogP contribution in [0.15, 0.2) is 77.4 Å². The molecule has 30 heavy (non-hydrogen) atoms. The number of imide groups is 1. The number of hydrogen-bond acceptors (Lipinski definition) is 4. The fourth-order valence-electron chi connectivity index (χ4n) is 3.32. The minimum Gasteiger partial charge on any atom is -0.467 e. The van der Waals surface area contributed by atoms with Gasteiger partial charge in [0.15, 0.2) is 0 Å². The zero-order valence-electron chi connectivity index (χ0n) is 15.8. The molecule has 0 aliphatic carbocycles. The second-order valence-corrected chi connectivity index (χ2v) is 7.21. The average molecular weight is 424 g/mol. The summed E-state index contributed by atoms with van der Waals surface area (Å²) in [6, 6.07) is 17.3. The predicted octanol–water partition coefficient (Wildman–Crippen LogP) is 4.30. The maximum Gasteiger partial charge on any atom is 0.332 e. The Morgan fingerprint density at radius 3 is 2.40 bits per heavy atom. The summed E-state index contributed by atoms with van der Waals surface area (Å²) >= 11 is 5.93. The molecule has 2 heterocycles. The lowest BCUT2D eigenvalue weighted by molar-refractivity contribution is -0.124. The van der Waals surface area contributed by atoms with Crippen LogP contribution in [0.1, 0.15) is 12.2 Å². The third-order valence-electron chi connectivity index (χ3n) is 4.75. The molecule has 4 amide bonds. The molecule has 0 unspecified atom stereocenters. The van der Waals surface area contributed by atoms with Crippen LogP contribution in [0.5, 0.6) is 0 Å². The highest BCUT2D eigenvalue weighted by Crippen LogP contribution is 2.29. The third kappa shape index (κ3) is 4.06. The van der Waals surface area contributed by atoms with Crippen molar-refractivity contribution in [3.05, 3.63) is 83.8 Å². The van der Waals surface area contributed by atoms with E-state index >= 15 is 0 Å². The SMILES string of the molecule is O=C(C[C@@H]1C(=O)N(c2ccc(Cl)cc2)C(=O)N1Cc1ccco1)Nc1ccccc1. The molecule has 1 N–H and O–H groups in total. The van der Waals surface area contributed by atoms with E-state index in [1.54, 1.807) is 60.7 Å². The number of hydrogen-bond donors (Lipinski definition) is 1. The summed E-state index contributed by atoms with van der Waals surface area (Å²) in [5, 5.41) is 3.25. The highest BCUT2D eigenvalue weighted by molar-refractivity contribution is 6.30. The molecular weight excluding hydrogens is 406 g/mol. The quantitative estimate of drug-likeness (QED) is 0.599. The van der Waals surface area contributed by atoms with Gasteiger partial charge in [-0.25, -0.2) is 9.69 Å². The Morgan fingerprint density at radius 2 is 1.73 bits per heavy atom. The van der Waals surface area contributed by atoms with Gasteiger partial charge in [0, 0.05) is 10.7 Å². The monoisotopic (exact) mass is 423 g/mol.